The van der Waals surface area contributed by atoms with Crippen molar-refractivity contribution < 1.29 is 4.79 Å². The summed E-state index contributed by atoms with van der Waals surface area (Å²) in [4.78, 5) is 17.0. The van der Waals surface area contributed by atoms with Crippen LogP contribution >= 0.6 is 22.9 Å². The number of halogens is 1. The molecular weight excluding hydrogens is 360 g/mol. The van der Waals surface area contributed by atoms with Crippen LogP contribution in [0.25, 0.3) is 16.7 Å². The quantitative estimate of drug-likeness (QED) is 0.546. The molecule has 0 atom stereocenters. The summed E-state index contributed by atoms with van der Waals surface area (Å²) >= 11 is 7.58. The first-order chi connectivity index (χ1) is 12.2. The third kappa shape index (κ3) is 3.13. The Morgan fingerprint density at radius 2 is 2.20 bits per heavy atom. The maximum atomic E-state index is 12.0. The standard InChI is InChI=1S/C16H13ClN6OS/c17-15-11(22-9-10-25-16(22)19-15)4-5-14(24)18-7-6-13-21-20-12-3-1-2-8-23(12)13/h1-5,8-10H,6-7H2,(H,18,24)/b5-4+. The van der Waals surface area contributed by atoms with E-state index in [4.69, 9.17) is 11.6 Å². The van der Waals surface area contributed by atoms with E-state index >= 15 is 0 Å². The minimum Gasteiger partial charge on any atom is -0.352 e. The number of carbonyl (C=O) groups is 1. The summed E-state index contributed by atoms with van der Waals surface area (Å²) < 4.78 is 3.75. The molecule has 9 heteroatoms. The monoisotopic (exact) mass is 372 g/mol. The van der Waals surface area contributed by atoms with Crippen molar-refractivity contribution in [3.8, 4) is 0 Å². The predicted octanol–water partition coefficient (Wildman–Crippen LogP) is 2.46. The fourth-order valence-corrected chi connectivity index (χ4v) is 3.50. The lowest BCUT2D eigenvalue weighted by Crippen LogP contribution is -2.24. The normalized spacial score (nSPS) is 11.7. The zero-order valence-electron chi connectivity index (χ0n) is 13.0. The fourth-order valence-electron chi connectivity index (χ4n) is 2.50. The van der Waals surface area contributed by atoms with Gasteiger partial charge in [0.25, 0.3) is 0 Å². The molecule has 25 heavy (non-hydrogen) atoms. The number of aromatic nitrogens is 5. The van der Waals surface area contributed by atoms with Gasteiger partial charge in [0, 0.05) is 36.8 Å². The van der Waals surface area contributed by atoms with Crippen molar-refractivity contribution >= 4 is 45.5 Å². The van der Waals surface area contributed by atoms with E-state index in [1.54, 1.807) is 6.08 Å². The van der Waals surface area contributed by atoms with Gasteiger partial charge in [-0.2, -0.15) is 0 Å². The lowest BCUT2D eigenvalue weighted by molar-refractivity contribution is -0.116. The maximum Gasteiger partial charge on any atom is 0.244 e. The molecule has 0 radical (unpaired) electrons. The molecule has 0 bridgehead atoms. The van der Waals surface area contributed by atoms with E-state index in [2.05, 4.69) is 20.5 Å². The minimum atomic E-state index is -0.199. The number of rotatable bonds is 5. The molecule has 0 unspecified atom stereocenters. The number of thiazole rings is 1. The fraction of sp³-hybridized carbons (Fsp3) is 0.125. The summed E-state index contributed by atoms with van der Waals surface area (Å²) in [6.07, 6.45) is 7.48. The zero-order chi connectivity index (χ0) is 17.2. The molecule has 0 aliphatic heterocycles. The van der Waals surface area contributed by atoms with Gasteiger partial charge in [-0.3, -0.25) is 13.6 Å². The molecule has 7 nitrogen and oxygen atoms in total. The molecule has 4 rings (SSSR count). The SMILES string of the molecule is O=C(/C=C/c1c(Cl)nc2sccn12)NCCc1nnc2ccccn12. The molecule has 0 spiro atoms. The van der Waals surface area contributed by atoms with Crippen LogP contribution in [0.4, 0.5) is 0 Å². The topological polar surface area (TPSA) is 76.6 Å². The van der Waals surface area contributed by atoms with Crippen molar-refractivity contribution in [3.05, 3.63) is 58.7 Å². The Kier molecular flexibility index (Phi) is 4.21. The van der Waals surface area contributed by atoms with Crippen molar-refractivity contribution in [1.29, 1.82) is 0 Å². The predicted molar refractivity (Wildman–Crippen MR) is 96.8 cm³/mol. The molecule has 0 aromatic carbocycles. The number of hydrogen-bond acceptors (Lipinski definition) is 5. The lowest BCUT2D eigenvalue weighted by Gasteiger charge is -2.01. The second-order valence-electron chi connectivity index (χ2n) is 5.26. The molecule has 126 valence electrons. The molecule has 0 aliphatic carbocycles. The summed E-state index contributed by atoms with van der Waals surface area (Å²) in [5.74, 6) is 0.605. The summed E-state index contributed by atoms with van der Waals surface area (Å²) in [5, 5.41) is 13.3. The summed E-state index contributed by atoms with van der Waals surface area (Å²) in [6.45, 7) is 0.465. The van der Waals surface area contributed by atoms with E-state index in [-0.39, 0.29) is 5.91 Å². The molecule has 0 saturated heterocycles. The largest absolute Gasteiger partial charge is 0.352 e. The van der Waals surface area contributed by atoms with Crippen LogP contribution in [0.2, 0.25) is 5.15 Å². The number of amides is 1. The van der Waals surface area contributed by atoms with Crippen LogP contribution in [0.5, 0.6) is 0 Å². The van der Waals surface area contributed by atoms with E-state index in [0.29, 0.717) is 23.8 Å². The summed E-state index contributed by atoms with van der Waals surface area (Å²) in [6, 6.07) is 5.71. The molecule has 0 aliphatic rings. The Labute approximate surface area is 151 Å². The average Bonchev–Trinajstić information content (AvgIpc) is 3.29. The number of pyridine rings is 1. The van der Waals surface area contributed by atoms with Gasteiger partial charge in [0.2, 0.25) is 5.91 Å². The van der Waals surface area contributed by atoms with Crippen LogP contribution < -0.4 is 5.32 Å². The van der Waals surface area contributed by atoms with Gasteiger partial charge in [-0.1, -0.05) is 17.7 Å². The van der Waals surface area contributed by atoms with Crippen LogP contribution in [0.1, 0.15) is 11.5 Å². The first-order valence-electron chi connectivity index (χ1n) is 7.58. The molecular formula is C16H13ClN6OS. The van der Waals surface area contributed by atoms with Crippen molar-refractivity contribution in [2.75, 3.05) is 6.54 Å². The third-order valence-electron chi connectivity index (χ3n) is 3.68. The molecule has 1 N–H and O–H groups in total. The Morgan fingerprint density at radius 3 is 3.12 bits per heavy atom. The number of hydrogen-bond donors (Lipinski definition) is 1. The molecule has 4 aromatic rings. The maximum absolute atomic E-state index is 12.0. The van der Waals surface area contributed by atoms with Gasteiger partial charge in [0.15, 0.2) is 15.8 Å². The summed E-state index contributed by atoms with van der Waals surface area (Å²) in [7, 11) is 0. The van der Waals surface area contributed by atoms with E-state index in [1.807, 2.05) is 44.8 Å². The second kappa shape index (κ2) is 6.66. The number of carbonyl (C=O) groups excluding carboxylic acids is 1. The Balaban J connectivity index is 1.38. The van der Waals surface area contributed by atoms with Crippen molar-refractivity contribution in [1.82, 2.24) is 29.3 Å². The molecule has 1 amide bonds. The highest BCUT2D eigenvalue weighted by molar-refractivity contribution is 7.15. The summed E-state index contributed by atoms with van der Waals surface area (Å²) in [5.41, 5.74) is 1.48. The van der Waals surface area contributed by atoms with E-state index in [9.17, 15) is 4.79 Å². The van der Waals surface area contributed by atoms with E-state index in [1.165, 1.54) is 17.4 Å². The first kappa shape index (κ1) is 15.8. The highest BCUT2D eigenvalue weighted by Gasteiger charge is 2.09. The Morgan fingerprint density at radius 1 is 1.28 bits per heavy atom. The van der Waals surface area contributed by atoms with Crippen molar-refractivity contribution in [2.24, 2.45) is 0 Å². The van der Waals surface area contributed by atoms with E-state index < -0.39 is 0 Å². The highest BCUT2D eigenvalue weighted by atomic mass is 35.5. The smallest absolute Gasteiger partial charge is 0.244 e. The van der Waals surface area contributed by atoms with Crippen molar-refractivity contribution in [2.45, 2.75) is 6.42 Å². The number of nitrogens with one attached hydrogen (secondary N) is 1. The molecule has 0 saturated carbocycles. The molecule has 4 aromatic heterocycles. The van der Waals surface area contributed by atoms with Gasteiger partial charge in [-0.15, -0.1) is 21.5 Å². The minimum absolute atomic E-state index is 0.199. The van der Waals surface area contributed by atoms with Crippen LogP contribution in [-0.2, 0) is 11.2 Å². The van der Waals surface area contributed by atoms with E-state index in [0.717, 1.165) is 16.4 Å². The Hall–Kier alpha value is -2.71. The van der Waals surface area contributed by atoms with Gasteiger partial charge in [-0.25, -0.2) is 4.98 Å². The average molecular weight is 373 g/mol. The zero-order valence-corrected chi connectivity index (χ0v) is 14.5. The third-order valence-corrected chi connectivity index (χ3v) is 4.71. The van der Waals surface area contributed by atoms with Gasteiger partial charge in [-0.05, 0) is 18.2 Å². The number of nitrogens with zero attached hydrogens (tertiary/aromatic N) is 5. The second-order valence-corrected chi connectivity index (χ2v) is 6.49. The Bertz CT molecular complexity index is 1080. The molecule has 0 fully saturated rings. The van der Waals surface area contributed by atoms with Gasteiger partial charge in [0.1, 0.15) is 5.82 Å². The first-order valence-corrected chi connectivity index (χ1v) is 8.84. The number of imidazole rings is 1. The van der Waals surface area contributed by atoms with Crippen LogP contribution in [-0.4, -0.2) is 36.4 Å². The highest BCUT2D eigenvalue weighted by Crippen LogP contribution is 2.22. The van der Waals surface area contributed by atoms with Gasteiger partial charge < -0.3 is 5.32 Å². The lowest BCUT2D eigenvalue weighted by atomic mass is 10.3. The number of fused-ring (bicyclic) bond motifs is 2. The van der Waals surface area contributed by atoms with Gasteiger partial charge in [0.05, 0.1) is 5.69 Å². The van der Waals surface area contributed by atoms with Crippen LogP contribution in [0.15, 0.2) is 42.0 Å². The van der Waals surface area contributed by atoms with Gasteiger partial charge >= 0.3 is 0 Å². The molecule has 4 heterocycles. The van der Waals surface area contributed by atoms with Crippen molar-refractivity contribution in [3.63, 3.8) is 0 Å². The van der Waals surface area contributed by atoms with Crippen LogP contribution in [0.3, 0.4) is 0 Å². The van der Waals surface area contributed by atoms with Crippen LogP contribution in [0, 0.1) is 0 Å².